The fourth-order valence-electron chi connectivity index (χ4n) is 6.30. The van der Waals surface area contributed by atoms with E-state index in [9.17, 15) is 14.4 Å². The number of carbonyl (C=O) groups is 3. The number of benzene rings is 2. The standard InChI is InChI=1S/C33H39N5O7Si/c1-21(39)37-29-27-30(35-19-34-29)38(20-36-27)31-28(43-22(2)40)33(7,45-23(3)41)26(44-31)18-42-46(32(4,5)6,24-14-10-8-11-15-24)25-16-12-9-13-17-25/h8-17,19-20,26,28,31H,18H2,1-7H3,(H,34,35,37,39)/t26-,28?,31-,33?/m1/s1. The molecule has 2 aromatic heterocycles. The Hall–Kier alpha value is -4.46. The Balaban J connectivity index is 1.62. The van der Waals surface area contributed by atoms with Crippen molar-refractivity contribution in [3.63, 3.8) is 0 Å². The molecule has 46 heavy (non-hydrogen) atoms. The number of hydrogen-bond donors (Lipinski definition) is 1. The van der Waals surface area contributed by atoms with E-state index < -0.39 is 44.3 Å². The van der Waals surface area contributed by atoms with Crippen LogP contribution in [0.15, 0.2) is 73.3 Å². The van der Waals surface area contributed by atoms with E-state index >= 15 is 0 Å². The third-order valence-electron chi connectivity index (χ3n) is 8.22. The first-order valence-electron chi connectivity index (χ1n) is 15.0. The number of fused-ring (bicyclic) bond motifs is 1. The van der Waals surface area contributed by atoms with Crippen LogP contribution in [0.1, 0.15) is 54.7 Å². The van der Waals surface area contributed by atoms with Crippen LogP contribution in [-0.4, -0.2) is 70.1 Å². The second kappa shape index (κ2) is 12.7. The maximum Gasteiger partial charge on any atom is 0.303 e. The number of esters is 2. The highest BCUT2D eigenvalue weighted by atomic mass is 28.4. The topological polar surface area (TPSA) is 144 Å². The van der Waals surface area contributed by atoms with E-state index in [1.165, 1.54) is 33.4 Å². The lowest BCUT2D eigenvalue weighted by molar-refractivity contribution is -0.181. The molecule has 13 heteroatoms. The zero-order valence-electron chi connectivity index (χ0n) is 27.0. The molecule has 2 aromatic carbocycles. The van der Waals surface area contributed by atoms with Gasteiger partial charge in [0.05, 0.1) is 12.9 Å². The Morgan fingerprint density at radius 2 is 1.54 bits per heavy atom. The second-order valence-corrected chi connectivity index (χ2v) is 16.8. The van der Waals surface area contributed by atoms with Gasteiger partial charge in [0.1, 0.15) is 12.4 Å². The number of imidazole rings is 1. The van der Waals surface area contributed by atoms with Crippen molar-refractivity contribution in [2.45, 2.75) is 77.5 Å². The second-order valence-electron chi connectivity index (χ2n) is 12.5. The summed E-state index contributed by atoms with van der Waals surface area (Å²) in [5, 5.41) is 4.45. The van der Waals surface area contributed by atoms with Crippen LogP contribution in [0, 0.1) is 0 Å². The van der Waals surface area contributed by atoms with Crippen LogP contribution in [0.3, 0.4) is 0 Å². The summed E-state index contributed by atoms with van der Waals surface area (Å²) in [4.78, 5) is 49.9. The van der Waals surface area contributed by atoms with Gasteiger partial charge >= 0.3 is 11.9 Å². The van der Waals surface area contributed by atoms with Crippen LogP contribution in [0.25, 0.3) is 11.2 Å². The van der Waals surface area contributed by atoms with Crippen molar-refractivity contribution in [3.8, 4) is 0 Å². The normalized spacial score (nSPS) is 21.6. The van der Waals surface area contributed by atoms with Crippen molar-refractivity contribution in [2.75, 3.05) is 11.9 Å². The van der Waals surface area contributed by atoms with E-state index in [1.807, 2.05) is 36.4 Å². The summed E-state index contributed by atoms with van der Waals surface area (Å²) in [5.41, 5.74) is -0.846. The van der Waals surface area contributed by atoms with Gasteiger partial charge in [0.25, 0.3) is 8.32 Å². The summed E-state index contributed by atoms with van der Waals surface area (Å²) in [6.45, 7) is 12.1. The number of nitrogens with one attached hydrogen (secondary N) is 1. The highest BCUT2D eigenvalue weighted by molar-refractivity contribution is 6.99. The molecular weight excluding hydrogens is 606 g/mol. The molecule has 2 unspecified atom stereocenters. The molecule has 3 heterocycles. The van der Waals surface area contributed by atoms with Gasteiger partial charge in [0, 0.05) is 20.8 Å². The van der Waals surface area contributed by atoms with Crippen molar-refractivity contribution in [1.82, 2.24) is 19.5 Å². The number of rotatable bonds is 9. The largest absolute Gasteiger partial charge is 0.453 e. The molecule has 1 aliphatic heterocycles. The number of amides is 1. The Kier molecular flexibility index (Phi) is 9.11. The first-order valence-corrected chi connectivity index (χ1v) is 16.9. The Morgan fingerprint density at radius 3 is 2.07 bits per heavy atom. The molecule has 0 radical (unpaired) electrons. The number of carbonyl (C=O) groups excluding carboxylic acids is 3. The van der Waals surface area contributed by atoms with Gasteiger partial charge in [0.2, 0.25) is 5.91 Å². The van der Waals surface area contributed by atoms with E-state index in [0.717, 1.165) is 10.4 Å². The molecule has 0 aliphatic carbocycles. The van der Waals surface area contributed by atoms with Crippen LogP contribution >= 0.6 is 0 Å². The zero-order valence-corrected chi connectivity index (χ0v) is 28.0. The molecule has 0 bridgehead atoms. The molecule has 1 fully saturated rings. The van der Waals surface area contributed by atoms with E-state index in [1.54, 1.807) is 11.5 Å². The van der Waals surface area contributed by atoms with Crippen molar-refractivity contribution in [3.05, 3.63) is 73.3 Å². The van der Waals surface area contributed by atoms with E-state index in [0.29, 0.717) is 11.2 Å². The minimum absolute atomic E-state index is 0.00405. The number of anilines is 1. The van der Waals surface area contributed by atoms with E-state index in [2.05, 4.69) is 65.3 Å². The van der Waals surface area contributed by atoms with Gasteiger partial charge in [-0.2, -0.15) is 0 Å². The predicted octanol–water partition coefficient (Wildman–Crippen LogP) is 3.51. The predicted molar refractivity (Wildman–Crippen MR) is 173 cm³/mol. The van der Waals surface area contributed by atoms with Crippen molar-refractivity contribution >= 4 is 53.5 Å². The van der Waals surface area contributed by atoms with E-state index in [4.69, 9.17) is 18.6 Å². The first kappa shape index (κ1) is 32.9. The molecule has 242 valence electrons. The summed E-state index contributed by atoms with van der Waals surface area (Å²) in [6.07, 6.45) is -0.271. The SMILES string of the molecule is CC(=O)Nc1ncnc2c1ncn2[C@@H]1O[C@H](CO[Si](c2ccccc2)(c2ccccc2)C(C)(C)C)C(C)(OC(C)=O)C1OC(C)=O. The van der Waals surface area contributed by atoms with E-state index in [-0.39, 0.29) is 23.4 Å². The quantitative estimate of drug-likeness (QED) is 0.212. The molecule has 5 rings (SSSR count). The molecule has 0 saturated carbocycles. The average Bonchev–Trinajstić information content (AvgIpc) is 3.52. The van der Waals surface area contributed by atoms with Gasteiger partial charge in [-0.05, 0) is 22.3 Å². The van der Waals surface area contributed by atoms with Gasteiger partial charge in [-0.15, -0.1) is 0 Å². The molecule has 1 saturated heterocycles. The van der Waals surface area contributed by atoms with Crippen LogP contribution < -0.4 is 15.7 Å². The van der Waals surface area contributed by atoms with Crippen molar-refractivity contribution in [1.29, 1.82) is 0 Å². The number of ether oxygens (including phenoxy) is 3. The average molecular weight is 646 g/mol. The monoisotopic (exact) mass is 645 g/mol. The fraction of sp³-hybridized carbons (Fsp3) is 0.394. The highest BCUT2D eigenvalue weighted by Gasteiger charge is 2.61. The smallest absolute Gasteiger partial charge is 0.303 e. The molecule has 0 spiro atoms. The van der Waals surface area contributed by atoms with Gasteiger partial charge < -0.3 is 24.0 Å². The van der Waals surface area contributed by atoms with Gasteiger partial charge in [-0.3, -0.25) is 19.0 Å². The maximum absolute atomic E-state index is 12.6. The van der Waals surface area contributed by atoms with Gasteiger partial charge in [-0.25, -0.2) is 15.0 Å². The molecule has 12 nitrogen and oxygen atoms in total. The van der Waals surface area contributed by atoms with Crippen LogP contribution in [0.5, 0.6) is 0 Å². The molecular formula is C33H39N5O7Si. The minimum atomic E-state index is -3.04. The van der Waals surface area contributed by atoms with Crippen molar-refractivity contribution < 1.29 is 33.0 Å². The summed E-state index contributed by atoms with van der Waals surface area (Å²) in [5.74, 6) is -1.28. The molecule has 4 aromatic rings. The third kappa shape index (κ3) is 6.05. The Labute approximate surface area is 268 Å². The lowest BCUT2D eigenvalue weighted by atomic mass is 9.94. The van der Waals surface area contributed by atoms with Gasteiger partial charge in [-0.1, -0.05) is 81.4 Å². The molecule has 1 aliphatic rings. The van der Waals surface area contributed by atoms with Gasteiger partial charge in [0.15, 0.2) is 34.9 Å². The Morgan fingerprint density at radius 1 is 0.935 bits per heavy atom. The van der Waals surface area contributed by atoms with Crippen LogP contribution in [0.2, 0.25) is 5.04 Å². The Bertz CT molecular complexity index is 1690. The summed E-state index contributed by atoms with van der Waals surface area (Å²) >= 11 is 0. The van der Waals surface area contributed by atoms with Crippen LogP contribution in [0.4, 0.5) is 5.82 Å². The fourth-order valence-corrected chi connectivity index (χ4v) is 10.9. The maximum atomic E-state index is 12.6. The molecule has 1 N–H and O–H groups in total. The zero-order chi connectivity index (χ0) is 33.3. The summed E-state index contributed by atoms with van der Waals surface area (Å²) < 4.78 is 27.3. The number of hydrogen-bond acceptors (Lipinski definition) is 10. The highest BCUT2D eigenvalue weighted by Crippen LogP contribution is 2.45. The first-order chi connectivity index (χ1) is 21.8. The third-order valence-corrected chi connectivity index (χ3v) is 13.2. The minimum Gasteiger partial charge on any atom is -0.453 e. The lowest BCUT2D eigenvalue weighted by Crippen LogP contribution is -2.67. The number of aromatic nitrogens is 4. The summed E-state index contributed by atoms with van der Waals surface area (Å²) in [6, 6.07) is 20.3. The molecule has 1 amide bonds. The number of nitrogens with zero attached hydrogens (tertiary/aromatic N) is 4. The van der Waals surface area contributed by atoms with Crippen molar-refractivity contribution in [2.24, 2.45) is 0 Å². The van der Waals surface area contributed by atoms with Crippen LogP contribution in [-0.2, 0) is 33.0 Å². The molecule has 4 atom stereocenters. The lowest BCUT2D eigenvalue weighted by Gasteiger charge is -2.44. The summed E-state index contributed by atoms with van der Waals surface area (Å²) in [7, 11) is -3.04.